The number of benzene rings is 3. The zero-order valence-electron chi connectivity index (χ0n) is 19.5. The van der Waals surface area contributed by atoms with E-state index in [2.05, 4.69) is 5.32 Å². The predicted octanol–water partition coefficient (Wildman–Crippen LogP) is 6.90. The van der Waals surface area contributed by atoms with E-state index in [9.17, 15) is 9.59 Å². The van der Waals surface area contributed by atoms with E-state index in [4.69, 9.17) is 51.8 Å². The maximum absolute atomic E-state index is 12.9. The van der Waals surface area contributed by atoms with Crippen molar-refractivity contribution in [2.24, 2.45) is 0 Å². The molecule has 2 amide bonds. The first-order chi connectivity index (χ1) is 17.6. The first-order valence-corrected chi connectivity index (χ1v) is 13.5. The van der Waals surface area contributed by atoms with Crippen molar-refractivity contribution in [3.63, 3.8) is 0 Å². The molecule has 10 heteroatoms. The lowest BCUT2D eigenvalue weighted by atomic mass is 10.1. The minimum Gasteiger partial charge on any atom is -0.466 e. The second-order valence-electron chi connectivity index (χ2n) is 8.20. The first-order valence-electron chi connectivity index (χ1n) is 11.1. The molecule has 1 aliphatic heterocycles. The van der Waals surface area contributed by atoms with Crippen LogP contribution < -0.4 is 10.1 Å². The van der Waals surface area contributed by atoms with Crippen LogP contribution in [0.1, 0.15) is 27.0 Å². The maximum Gasteiger partial charge on any atom is 0.266 e. The highest BCUT2D eigenvalue weighted by Gasteiger charge is 2.36. The van der Waals surface area contributed by atoms with Gasteiger partial charge in [-0.1, -0.05) is 119 Å². The van der Waals surface area contributed by atoms with Crippen molar-refractivity contribution in [1.82, 2.24) is 10.2 Å². The number of rotatable bonds is 7. The fraction of sp³-hybridized carbons (Fsp3) is 0.148. The molecule has 4 rings (SSSR count). The van der Waals surface area contributed by atoms with Crippen LogP contribution in [0.4, 0.5) is 0 Å². The van der Waals surface area contributed by atoms with Crippen LogP contribution in [0.2, 0.25) is 0 Å². The minimum atomic E-state index is -1.92. The molecule has 1 N–H and O–H groups in total. The Labute approximate surface area is 239 Å². The molecule has 3 aromatic rings. The van der Waals surface area contributed by atoms with Gasteiger partial charge < -0.3 is 10.1 Å². The summed E-state index contributed by atoms with van der Waals surface area (Å²) >= 11 is 24.9. The van der Waals surface area contributed by atoms with E-state index in [-0.39, 0.29) is 5.91 Å². The molecule has 0 aliphatic carbocycles. The number of nitrogens with one attached hydrogen (secondary N) is 1. The molecule has 0 aromatic heterocycles. The fourth-order valence-corrected chi connectivity index (χ4v) is 4.97. The lowest BCUT2D eigenvalue weighted by Gasteiger charge is -2.26. The Hall–Kier alpha value is -2.55. The van der Waals surface area contributed by atoms with E-state index >= 15 is 0 Å². The van der Waals surface area contributed by atoms with Crippen molar-refractivity contribution in [2.45, 2.75) is 23.5 Å². The predicted molar refractivity (Wildman–Crippen MR) is 155 cm³/mol. The molecule has 1 atom stereocenters. The second kappa shape index (κ2) is 11.9. The molecule has 1 fully saturated rings. The number of carbonyl (C=O) groups is 2. The standard InChI is InChI=1S/C27H21Cl3N2O3S2/c1-17-7-11-20(12-8-17)23(33)31-25(27(28,29)30)35-21-13-9-18(10-14-21)15-22-24(34)32(26(36)37-22)16-19-5-3-2-4-6-19/h2-15,25H,16H2,1H3,(H,31,33). The first kappa shape index (κ1) is 27.5. The highest BCUT2D eigenvalue weighted by molar-refractivity contribution is 8.26. The zero-order valence-corrected chi connectivity index (χ0v) is 23.4. The SMILES string of the molecule is Cc1ccc(C(=O)NC(Oc2ccc(C=C3SC(=S)N(Cc4ccccc4)C3=O)cc2)C(Cl)(Cl)Cl)cc1. The Morgan fingerprint density at radius 2 is 1.70 bits per heavy atom. The smallest absolute Gasteiger partial charge is 0.266 e. The third-order valence-corrected chi connectivity index (χ3v) is 7.33. The van der Waals surface area contributed by atoms with Crippen LogP contribution in [0, 0.1) is 6.92 Å². The van der Waals surface area contributed by atoms with Crippen molar-refractivity contribution in [1.29, 1.82) is 0 Å². The molecule has 1 heterocycles. The van der Waals surface area contributed by atoms with E-state index in [0.29, 0.717) is 27.1 Å². The Balaban J connectivity index is 1.43. The Kier molecular flexibility index (Phi) is 8.82. The normalized spacial score (nSPS) is 15.7. The number of hydrogen-bond donors (Lipinski definition) is 1. The molecule has 5 nitrogen and oxygen atoms in total. The molecular weight excluding hydrogens is 571 g/mol. The summed E-state index contributed by atoms with van der Waals surface area (Å²) in [6, 6.07) is 23.5. The average Bonchev–Trinajstić information content (AvgIpc) is 3.12. The van der Waals surface area contributed by atoms with Crippen LogP contribution in [0.15, 0.2) is 83.8 Å². The summed E-state index contributed by atoms with van der Waals surface area (Å²) in [7, 11) is 0. The van der Waals surface area contributed by atoms with Gasteiger partial charge in [-0.15, -0.1) is 0 Å². The summed E-state index contributed by atoms with van der Waals surface area (Å²) in [6.45, 7) is 2.34. The van der Waals surface area contributed by atoms with E-state index in [1.54, 1.807) is 47.4 Å². The van der Waals surface area contributed by atoms with Crippen LogP contribution >= 0.6 is 58.8 Å². The molecule has 3 aromatic carbocycles. The van der Waals surface area contributed by atoms with Crippen LogP contribution in [0.3, 0.4) is 0 Å². The number of carbonyl (C=O) groups excluding carboxylic acids is 2. The van der Waals surface area contributed by atoms with Crippen molar-refractivity contribution in [3.05, 3.63) is 106 Å². The maximum atomic E-state index is 12.9. The molecule has 0 bridgehead atoms. The van der Waals surface area contributed by atoms with E-state index in [1.807, 2.05) is 49.4 Å². The summed E-state index contributed by atoms with van der Waals surface area (Å²) in [5.41, 5.74) is 3.19. The van der Waals surface area contributed by atoms with Gasteiger partial charge in [0.1, 0.15) is 10.1 Å². The largest absolute Gasteiger partial charge is 0.466 e. The van der Waals surface area contributed by atoms with E-state index in [0.717, 1.165) is 16.7 Å². The molecule has 1 unspecified atom stereocenters. The molecule has 0 saturated carbocycles. The quantitative estimate of drug-likeness (QED) is 0.140. The molecule has 1 aliphatic rings. The highest BCUT2D eigenvalue weighted by atomic mass is 35.6. The Bertz CT molecular complexity index is 1330. The fourth-order valence-electron chi connectivity index (χ4n) is 3.42. The van der Waals surface area contributed by atoms with Crippen molar-refractivity contribution < 1.29 is 14.3 Å². The summed E-state index contributed by atoms with van der Waals surface area (Å²) in [6.07, 6.45) is 0.519. The van der Waals surface area contributed by atoms with Crippen molar-refractivity contribution in [2.75, 3.05) is 0 Å². The van der Waals surface area contributed by atoms with Crippen LogP contribution in [-0.4, -0.2) is 31.1 Å². The van der Waals surface area contributed by atoms with Crippen LogP contribution in [0.5, 0.6) is 5.75 Å². The molecule has 1 saturated heterocycles. The monoisotopic (exact) mass is 590 g/mol. The van der Waals surface area contributed by atoms with Gasteiger partial charge in [-0.25, -0.2) is 0 Å². The van der Waals surface area contributed by atoms with Gasteiger partial charge in [-0.05, 0) is 48.4 Å². The van der Waals surface area contributed by atoms with Crippen molar-refractivity contribution in [3.8, 4) is 5.75 Å². The molecule has 37 heavy (non-hydrogen) atoms. The van der Waals surface area contributed by atoms with E-state index < -0.39 is 15.9 Å². The topological polar surface area (TPSA) is 58.6 Å². The number of alkyl halides is 3. The van der Waals surface area contributed by atoms with Gasteiger partial charge in [0.05, 0.1) is 11.4 Å². The number of halogens is 3. The molecule has 0 radical (unpaired) electrons. The summed E-state index contributed by atoms with van der Waals surface area (Å²) in [5.74, 6) is -0.214. The third kappa shape index (κ3) is 7.27. The van der Waals surface area contributed by atoms with E-state index in [1.165, 1.54) is 11.8 Å². The van der Waals surface area contributed by atoms with Gasteiger partial charge in [-0.3, -0.25) is 14.5 Å². The van der Waals surface area contributed by atoms with Gasteiger partial charge >= 0.3 is 0 Å². The average molecular weight is 592 g/mol. The van der Waals surface area contributed by atoms with Gasteiger partial charge in [0.2, 0.25) is 10.0 Å². The lowest BCUT2D eigenvalue weighted by molar-refractivity contribution is -0.122. The summed E-state index contributed by atoms with van der Waals surface area (Å²) in [4.78, 5) is 27.7. The van der Waals surface area contributed by atoms with Gasteiger partial charge in [-0.2, -0.15) is 0 Å². The number of aryl methyl sites for hydroxylation is 1. The number of amides is 2. The summed E-state index contributed by atoms with van der Waals surface area (Å²) < 4.78 is 4.38. The van der Waals surface area contributed by atoms with Gasteiger partial charge in [0.25, 0.3) is 11.8 Å². The number of thiocarbonyl (C=S) groups is 1. The molecular formula is C27H21Cl3N2O3S2. The summed E-state index contributed by atoms with van der Waals surface area (Å²) in [5, 5.41) is 2.61. The number of hydrogen-bond acceptors (Lipinski definition) is 5. The number of ether oxygens (including phenoxy) is 1. The number of nitrogens with zero attached hydrogens (tertiary/aromatic N) is 1. The Morgan fingerprint density at radius 3 is 2.32 bits per heavy atom. The minimum absolute atomic E-state index is 0.144. The molecule has 190 valence electrons. The highest BCUT2D eigenvalue weighted by Crippen LogP contribution is 2.35. The van der Waals surface area contributed by atoms with Gasteiger partial charge in [0.15, 0.2) is 0 Å². The molecule has 0 spiro atoms. The third-order valence-electron chi connectivity index (χ3n) is 5.36. The lowest BCUT2D eigenvalue weighted by Crippen LogP contribution is -2.47. The van der Waals surface area contributed by atoms with Crippen molar-refractivity contribution >= 4 is 81.0 Å². The zero-order chi connectivity index (χ0) is 26.6. The van der Waals surface area contributed by atoms with Crippen LogP contribution in [0.25, 0.3) is 6.08 Å². The van der Waals surface area contributed by atoms with Gasteiger partial charge in [0, 0.05) is 5.56 Å². The number of thioether (sulfide) groups is 1. The van der Waals surface area contributed by atoms with Crippen LogP contribution in [-0.2, 0) is 11.3 Å². The second-order valence-corrected chi connectivity index (χ2v) is 12.2. The Morgan fingerprint density at radius 1 is 1.05 bits per heavy atom.